The van der Waals surface area contributed by atoms with Crippen molar-refractivity contribution in [1.29, 1.82) is 0 Å². The van der Waals surface area contributed by atoms with Crippen LogP contribution in [0, 0.1) is 0 Å². The molecular weight excluding hydrogens is 318 g/mol. The average Bonchev–Trinajstić information content (AvgIpc) is 2.72. The highest BCUT2D eigenvalue weighted by Crippen LogP contribution is 2.43. The maximum Gasteiger partial charge on any atom is 0.329 e. The zero-order valence-corrected chi connectivity index (χ0v) is 14.4. The van der Waals surface area contributed by atoms with Crippen molar-refractivity contribution in [1.82, 2.24) is 9.55 Å². The molecule has 2 aliphatic rings. The van der Waals surface area contributed by atoms with Gasteiger partial charge in [-0.1, -0.05) is 25.4 Å². The summed E-state index contributed by atoms with van der Waals surface area (Å²) in [6, 6.07) is -0.379. The lowest BCUT2D eigenvalue weighted by Gasteiger charge is -2.27. The van der Waals surface area contributed by atoms with E-state index < -0.39 is 17.4 Å². The minimum Gasteiger partial charge on any atom is -0.464 e. The van der Waals surface area contributed by atoms with Gasteiger partial charge in [0.1, 0.15) is 6.04 Å². The predicted molar refractivity (Wildman–Crippen MR) is 88.1 cm³/mol. The fourth-order valence-corrected chi connectivity index (χ4v) is 3.79. The summed E-state index contributed by atoms with van der Waals surface area (Å²) in [6.45, 7) is 5.96. The molecule has 0 bridgehead atoms. The number of esters is 1. The fourth-order valence-electron chi connectivity index (χ4n) is 3.36. The summed E-state index contributed by atoms with van der Waals surface area (Å²) in [7, 11) is 0. The average molecular weight is 340 g/mol. The number of aromatic nitrogens is 2. The van der Waals surface area contributed by atoms with Crippen LogP contribution in [0.1, 0.15) is 58.2 Å². The summed E-state index contributed by atoms with van der Waals surface area (Å²) in [4.78, 5) is 29.4. The Morgan fingerprint density at radius 1 is 1.48 bits per heavy atom. The van der Waals surface area contributed by atoms with Gasteiger partial charge in [-0.25, -0.2) is 9.78 Å². The van der Waals surface area contributed by atoms with E-state index in [-0.39, 0.29) is 29.2 Å². The Hall–Kier alpha value is -1.56. The Labute approximate surface area is 140 Å². The number of halogens is 1. The normalized spacial score (nSPS) is 22.3. The van der Waals surface area contributed by atoms with Gasteiger partial charge >= 0.3 is 5.97 Å². The first-order valence-electron chi connectivity index (χ1n) is 8.11. The SMILES string of the molecule is CCOC(=O)C1CC(C)(C)c2c(Cl)nc(NC3CCC3)c(=O)n21. The summed E-state index contributed by atoms with van der Waals surface area (Å²) in [5, 5.41) is 3.44. The minimum absolute atomic E-state index is 0.232. The zero-order chi connectivity index (χ0) is 16.8. The number of hydrogen-bond acceptors (Lipinski definition) is 5. The molecule has 0 amide bonds. The number of rotatable bonds is 4. The molecule has 7 heteroatoms. The van der Waals surface area contributed by atoms with Crippen molar-refractivity contribution in [3.05, 3.63) is 21.2 Å². The van der Waals surface area contributed by atoms with Crippen molar-refractivity contribution < 1.29 is 9.53 Å². The van der Waals surface area contributed by atoms with E-state index in [1.165, 1.54) is 4.57 Å². The van der Waals surface area contributed by atoms with Crippen LogP contribution < -0.4 is 10.9 Å². The number of anilines is 1. The van der Waals surface area contributed by atoms with E-state index >= 15 is 0 Å². The third-order valence-corrected chi connectivity index (χ3v) is 4.99. The third kappa shape index (κ3) is 2.73. The first-order chi connectivity index (χ1) is 10.8. The second kappa shape index (κ2) is 5.82. The van der Waals surface area contributed by atoms with Crippen molar-refractivity contribution >= 4 is 23.4 Å². The minimum atomic E-state index is -0.644. The molecule has 2 heterocycles. The quantitative estimate of drug-likeness (QED) is 0.854. The lowest BCUT2D eigenvalue weighted by molar-refractivity contribution is -0.147. The highest BCUT2D eigenvalue weighted by atomic mass is 35.5. The number of hydrogen-bond donors (Lipinski definition) is 1. The first kappa shape index (κ1) is 16.3. The Kier molecular flexibility index (Phi) is 4.12. The molecule has 6 nitrogen and oxygen atoms in total. The van der Waals surface area contributed by atoms with Crippen LogP contribution >= 0.6 is 11.6 Å². The standard InChI is InChI=1S/C16H22ClN3O3/c1-4-23-15(22)10-8-16(2,3)11-12(17)19-13(14(21)20(10)11)18-9-6-5-7-9/h9-10H,4-8H2,1-3H3,(H,18,19). The molecule has 1 N–H and O–H groups in total. The molecule has 0 saturated heterocycles. The van der Waals surface area contributed by atoms with E-state index in [0.717, 1.165) is 19.3 Å². The maximum absolute atomic E-state index is 12.9. The lowest BCUT2D eigenvalue weighted by atomic mass is 9.87. The van der Waals surface area contributed by atoms with Crippen LogP contribution in [0.4, 0.5) is 5.82 Å². The predicted octanol–water partition coefficient (Wildman–Crippen LogP) is 2.65. The lowest BCUT2D eigenvalue weighted by Crippen LogP contribution is -2.36. The zero-order valence-electron chi connectivity index (χ0n) is 13.7. The second-order valence-corrected chi connectivity index (χ2v) is 7.26. The van der Waals surface area contributed by atoms with E-state index in [9.17, 15) is 9.59 Å². The van der Waals surface area contributed by atoms with Crippen molar-refractivity contribution in [2.24, 2.45) is 0 Å². The summed E-state index contributed by atoms with van der Waals surface area (Å²) in [6.07, 6.45) is 3.67. The number of fused-ring (bicyclic) bond motifs is 1. The van der Waals surface area contributed by atoms with Crippen molar-refractivity contribution in [3.63, 3.8) is 0 Å². The number of nitrogens with zero attached hydrogens (tertiary/aromatic N) is 2. The van der Waals surface area contributed by atoms with Crippen LogP contribution in [0.25, 0.3) is 0 Å². The Bertz CT molecular complexity index is 695. The van der Waals surface area contributed by atoms with Crippen LogP contribution in [-0.4, -0.2) is 28.2 Å². The van der Waals surface area contributed by atoms with Gasteiger partial charge in [0.15, 0.2) is 11.0 Å². The first-order valence-corrected chi connectivity index (χ1v) is 8.48. The molecule has 1 aromatic rings. The van der Waals surface area contributed by atoms with Crippen LogP contribution in [0.2, 0.25) is 5.15 Å². The van der Waals surface area contributed by atoms with Gasteiger partial charge in [0.2, 0.25) is 0 Å². The number of carbonyl (C=O) groups excluding carboxylic acids is 1. The van der Waals surface area contributed by atoms with E-state index in [1.807, 2.05) is 13.8 Å². The Morgan fingerprint density at radius 2 is 2.17 bits per heavy atom. The molecule has 1 fully saturated rings. The van der Waals surface area contributed by atoms with Crippen LogP contribution in [0.15, 0.2) is 4.79 Å². The topological polar surface area (TPSA) is 73.2 Å². The molecule has 1 atom stereocenters. The van der Waals surface area contributed by atoms with E-state index in [2.05, 4.69) is 10.3 Å². The van der Waals surface area contributed by atoms with Crippen molar-refractivity contribution in [2.75, 3.05) is 11.9 Å². The molecule has 126 valence electrons. The van der Waals surface area contributed by atoms with E-state index in [4.69, 9.17) is 16.3 Å². The number of carbonyl (C=O) groups is 1. The summed E-state index contributed by atoms with van der Waals surface area (Å²) < 4.78 is 6.62. The molecule has 1 unspecified atom stereocenters. The smallest absolute Gasteiger partial charge is 0.329 e. The molecule has 0 spiro atoms. The second-order valence-electron chi connectivity index (χ2n) is 6.90. The third-order valence-electron chi connectivity index (χ3n) is 4.73. The van der Waals surface area contributed by atoms with Gasteiger partial charge < -0.3 is 10.1 Å². The van der Waals surface area contributed by atoms with E-state index in [0.29, 0.717) is 12.1 Å². The van der Waals surface area contributed by atoms with Crippen molar-refractivity contribution in [3.8, 4) is 0 Å². The Balaban J connectivity index is 2.08. The maximum atomic E-state index is 12.9. The Morgan fingerprint density at radius 3 is 2.74 bits per heavy atom. The molecule has 23 heavy (non-hydrogen) atoms. The van der Waals surface area contributed by atoms with Gasteiger partial charge in [-0.2, -0.15) is 0 Å². The monoisotopic (exact) mass is 339 g/mol. The summed E-state index contributed by atoms with van der Waals surface area (Å²) in [5.41, 5.74) is -0.0864. The van der Waals surface area contributed by atoms with E-state index in [1.54, 1.807) is 6.92 Å². The van der Waals surface area contributed by atoms with Crippen LogP contribution in [-0.2, 0) is 14.9 Å². The number of ether oxygens (including phenoxy) is 1. The summed E-state index contributed by atoms with van der Waals surface area (Å²) in [5.74, 6) is -0.159. The molecule has 1 aliphatic carbocycles. The van der Waals surface area contributed by atoms with Gasteiger partial charge in [0, 0.05) is 11.5 Å². The van der Waals surface area contributed by atoms with Gasteiger partial charge in [0.25, 0.3) is 5.56 Å². The van der Waals surface area contributed by atoms with Gasteiger partial charge in [-0.15, -0.1) is 0 Å². The number of nitrogens with one attached hydrogen (secondary N) is 1. The molecule has 0 radical (unpaired) electrons. The van der Waals surface area contributed by atoms with Gasteiger partial charge in [-0.3, -0.25) is 9.36 Å². The summed E-state index contributed by atoms with van der Waals surface area (Å²) >= 11 is 6.36. The highest BCUT2D eigenvalue weighted by molar-refractivity contribution is 6.30. The van der Waals surface area contributed by atoms with Crippen molar-refractivity contribution in [2.45, 2.75) is 64.0 Å². The van der Waals surface area contributed by atoms with Crippen LogP contribution in [0.3, 0.4) is 0 Å². The molecular formula is C16H22ClN3O3. The molecule has 0 aromatic carbocycles. The van der Waals surface area contributed by atoms with Gasteiger partial charge in [-0.05, 0) is 32.6 Å². The molecule has 1 aliphatic heterocycles. The largest absolute Gasteiger partial charge is 0.464 e. The van der Waals surface area contributed by atoms with Gasteiger partial charge in [0.05, 0.1) is 12.3 Å². The molecule has 1 aromatic heterocycles. The molecule has 1 saturated carbocycles. The fraction of sp³-hybridized carbons (Fsp3) is 0.688. The van der Waals surface area contributed by atoms with Crippen LogP contribution in [0.5, 0.6) is 0 Å². The molecule has 3 rings (SSSR count). The highest BCUT2D eigenvalue weighted by Gasteiger charge is 2.44.